The Morgan fingerprint density at radius 2 is 1.50 bits per heavy atom. The zero-order valence-electron chi connectivity index (χ0n) is 22.4. The van der Waals surface area contributed by atoms with E-state index in [2.05, 4.69) is 30.2 Å². The third-order valence-corrected chi connectivity index (χ3v) is 5.21. The van der Waals surface area contributed by atoms with E-state index in [1.54, 1.807) is 20.8 Å². The van der Waals surface area contributed by atoms with Gasteiger partial charge in [-0.2, -0.15) is 12.6 Å². The summed E-state index contributed by atoms with van der Waals surface area (Å²) in [6, 6.07) is 5.82. The van der Waals surface area contributed by atoms with Gasteiger partial charge in [0, 0.05) is 16.8 Å². The molecule has 0 aliphatic carbocycles. The Morgan fingerprint density at radius 1 is 0.971 bits per heavy atom. The van der Waals surface area contributed by atoms with Crippen molar-refractivity contribution in [3.8, 4) is 0 Å². The van der Waals surface area contributed by atoms with Crippen LogP contribution in [0.25, 0.3) is 0 Å². The Kier molecular flexibility index (Phi) is 10.1. The van der Waals surface area contributed by atoms with Crippen LogP contribution in [0.1, 0.15) is 86.4 Å². The molecule has 3 amide bonds. The molecule has 0 bridgehead atoms. The fourth-order valence-electron chi connectivity index (χ4n) is 3.44. The summed E-state index contributed by atoms with van der Waals surface area (Å²) in [7, 11) is 0. The smallest absolute Gasteiger partial charge is 0.408 e. The lowest BCUT2D eigenvalue weighted by atomic mass is 9.94. The normalized spacial score (nSPS) is 14.1. The molecular weight excluding hydrogens is 450 g/mol. The van der Waals surface area contributed by atoms with E-state index in [1.807, 2.05) is 65.8 Å². The Labute approximate surface area is 210 Å². The molecule has 0 aliphatic rings. The molecule has 0 saturated heterocycles. The maximum absolute atomic E-state index is 13.9. The lowest BCUT2D eigenvalue weighted by Gasteiger charge is -2.43. The van der Waals surface area contributed by atoms with Crippen molar-refractivity contribution < 1.29 is 19.1 Å². The third-order valence-electron chi connectivity index (χ3n) is 4.84. The summed E-state index contributed by atoms with van der Waals surface area (Å²) in [6.45, 7) is 18.6. The minimum Gasteiger partial charge on any atom is -0.444 e. The maximum Gasteiger partial charge on any atom is 0.408 e. The maximum atomic E-state index is 13.9. The van der Waals surface area contributed by atoms with Crippen molar-refractivity contribution in [3.05, 3.63) is 35.4 Å². The first-order valence-corrected chi connectivity index (χ1v) is 12.4. The molecule has 7 nitrogen and oxygen atoms in total. The second-order valence-electron chi connectivity index (χ2n) is 11.5. The molecule has 0 aromatic heterocycles. The summed E-state index contributed by atoms with van der Waals surface area (Å²) >= 11 is 4.32. The van der Waals surface area contributed by atoms with Crippen molar-refractivity contribution in [2.75, 3.05) is 5.75 Å². The Hall–Kier alpha value is -2.22. The summed E-state index contributed by atoms with van der Waals surface area (Å²) in [5, 5.41) is 5.65. The molecule has 0 saturated carbocycles. The fourth-order valence-corrected chi connectivity index (χ4v) is 3.69. The minimum atomic E-state index is -0.975. The van der Waals surface area contributed by atoms with Gasteiger partial charge < -0.3 is 20.3 Å². The van der Waals surface area contributed by atoms with E-state index in [0.717, 1.165) is 12.0 Å². The molecule has 0 heterocycles. The van der Waals surface area contributed by atoms with Gasteiger partial charge in [0.1, 0.15) is 17.7 Å². The van der Waals surface area contributed by atoms with Crippen molar-refractivity contribution in [2.24, 2.45) is 0 Å². The number of amides is 3. The SMILES string of the molecule is CCc1ccc(C(C(=O)NC(C)(C)C)N(C(=O)C(CS)NC(=O)OC(C)(C)C)C(C)(C)C)cc1. The van der Waals surface area contributed by atoms with Crippen LogP contribution in [0.3, 0.4) is 0 Å². The molecular formula is C26H43N3O4S. The van der Waals surface area contributed by atoms with Crippen LogP contribution < -0.4 is 10.6 Å². The second kappa shape index (κ2) is 11.5. The molecule has 1 aromatic rings. The van der Waals surface area contributed by atoms with E-state index in [-0.39, 0.29) is 11.7 Å². The minimum absolute atomic E-state index is 0.0486. The van der Waals surface area contributed by atoms with Gasteiger partial charge in [0.2, 0.25) is 11.8 Å². The van der Waals surface area contributed by atoms with Crippen LogP contribution in [0.5, 0.6) is 0 Å². The number of carbonyl (C=O) groups excluding carboxylic acids is 3. The highest BCUT2D eigenvalue weighted by Gasteiger charge is 2.42. The lowest BCUT2D eigenvalue weighted by Crippen LogP contribution is -2.60. The fraction of sp³-hybridized carbons (Fsp3) is 0.654. The Balaban J connectivity index is 3.50. The first-order chi connectivity index (χ1) is 15.4. The molecule has 1 rings (SSSR count). The van der Waals surface area contributed by atoms with Gasteiger partial charge in [-0.1, -0.05) is 31.2 Å². The van der Waals surface area contributed by atoms with Crippen LogP contribution in [0.2, 0.25) is 0 Å². The van der Waals surface area contributed by atoms with Gasteiger partial charge in [-0.3, -0.25) is 9.59 Å². The number of nitrogens with zero attached hydrogens (tertiary/aromatic N) is 1. The first kappa shape index (κ1) is 29.8. The number of aryl methyl sites for hydroxylation is 1. The highest BCUT2D eigenvalue weighted by molar-refractivity contribution is 7.80. The summed E-state index contributed by atoms with van der Waals surface area (Å²) in [5.74, 6) is -0.662. The number of hydrogen-bond donors (Lipinski definition) is 3. The van der Waals surface area contributed by atoms with Gasteiger partial charge >= 0.3 is 6.09 Å². The van der Waals surface area contributed by atoms with E-state index in [4.69, 9.17) is 4.74 Å². The van der Waals surface area contributed by atoms with E-state index in [9.17, 15) is 14.4 Å². The highest BCUT2D eigenvalue weighted by Crippen LogP contribution is 2.31. The first-order valence-electron chi connectivity index (χ1n) is 11.7. The molecule has 192 valence electrons. The van der Waals surface area contributed by atoms with Crippen molar-refractivity contribution in [2.45, 2.75) is 104 Å². The van der Waals surface area contributed by atoms with Crippen molar-refractivity contribution in [3.63, 3.8) is 0 Å². The van der Waals surface area contributed by atoms with Crippen LogP contribution >= 0.6 is 12.6 Å². The molecule has 2 N–H and O–H groups in total. The van der Waals surface area contributed by atoms with Crippen molar-refractivity contribution >= 4 is 30.5 Å². The van der Waals surface area contributed by atoms with Gasteiger partial charge in [0.25, 0.3) is 0 Å². The number of hydrogen-bond acceptors (Lipinski definition) is 5. The monoisotopic (exact) mass is 493 g/mol. The molecule has 0 aliphatic heterocycles. The molecule has 0 radical (unpaired) electrons. The molecule has 34 heavy (non-hydrogen) atoms. The zero-order valence-corrected chi connectivity index (χ0v) is 23.3. The predicted octanol–water partition coefficient (Wildman–Crippen LogP) is 4.66. The summed E-state index contributed by atoms with van der Waals surface area (Å²) in [5.41, 5.74) is -0.126. The van der Waals surface area contributed by atoms with Crippen molar-refractivity contribution in [1.29, 1.82) is 0 Å². The quantitative estimate of drug-likeness (QED) is 0.482. The summed E-state index contributed by atoms with van der Waals surface area (Å²) in [4.78, 5) is 41.4. The highest BCUT2D eigenvalue weighted by atomic mass is 32.1. The molecule has 8 heteroatoms. The van der Waals surface area contributed by atoms with Crippen LogP contribution in [0, 0.1) is 0 Å². The van der Waals surface area contributed by atoms with Crippen LogP contribution in [-0.2, 0) is 20.7 Å². The zero-order chi connectivity index (χ0) is 26.5. The van der Waals surface area contributed by atoms with Crippen LogP contribution in [0.4, 0.5) is 4.79 Å². The van der Waals surface area contributed by atoms with Gasteiger partial charge in [-0.25, -0.2) is 4.79 Å². The Bertz CT molecular complexity index is 849. The number of alkyl carbamates (subject to hydrolysis) is 1. The summed E-state index contributed by atoms with van der Waals surface area (Å²) < 4.78 is 5.34. The topological polar surface area (TPSA) is 87.7 Å². The predicted molar refractivity (Wildman–Crippen MR) is 140 cm³/mol. The van der Waals surface area contributed by atoms with E-state index in [1.165, 1.54) is 4.90 Å². The summed E-state index contributed by atoms with van der Waals surface area (Å²) in [6.07, 6.45) is 0.152. The lowest BCUT2D eigenvalue weighted by molar-refractivity contribution is -0.148. The molecule has 2 atom stereocenters. The number of carbonyl (C=O) groups is 3. The number of rotatable bonds is 7. The molecule has 1 aromatic carbocycles. The van der Waals surface area contributed by atoms with Crippen LogP contribution in [-0.4, -0.2) is 51.3 Å². The second-order valence-corrected chi connectivity index (χ2v) is 11.9. The Morgan fingerprint density at radius 3 is 1.88 bits per heavy atom. The van der Waals surface area contributed by atoms with E-state index >= 15 is 0 Å². The van der Waals surface area contributed by atoms with Crippen LogP contribution in [0.15, 0.2) is 24.3 Å². The van der Waals surface area contributed by atoms with Crippen molar-refractivity contribution in [1.82, 2.24) is 15.5 Å². The average molecular weight is 494 g/mol. The van der Waals surface area contributed by atoms with E-state index < -0.39 is 40.8 Å². The van der Waals surface area contributed by atoms with Gasteiger partial charge in [-0.15, -0.1) is 0 Å². The largest absolute Gasteiger partial charge is 0.444 e. The number of benzene rings is 1. The standard InChI is InChI=1S/C26H43N3O4S/c1-11-17-12-14-18(15-13-17)20(21(30)28-24(2,3)4)29(25(5,6)7)22(31)19(16-34)27-23(32)33-26(8,9)10/h12-15,19-20,34H,11,16H2,1-10H3,(H,27,32)(H,28,30). The third kappa shape index (κ3) is 9.20. The number of nitrogens with one attached hydrogen (secondary N) is 2. The molecule has 0 fully saturated rings. The molecule has 2 unspecified atom stereocenters. The van der Waals surface area contributed by atoms with Gasteiger partial charge in [-0.05, 0) is 79.9 Å². The molecule has 0 spiro atoms. The van der Waals surface area contributed by atoms with Gasteiger partial charge in [0.05, 0.1) is 0 Å². The average Bonchev–Trinajstić information content (AvgIpc) is 2.66. The number of ether oxygens (including phenoxy) is 1. The van der Waals surface area contributed by atoms with E-state index in [0.29, 0.717) is 5.56 Å². The van der Waals surface area contributed by atoms with Gasteiger partial charge in [0.15, 0.2) is 0 Å². The number of thiol groups is 1.